The van der Waals surface area contributed by atoms with Crippen molar-refractivity contribution in [1.29, 1.82) is 0 Å². The van der Waals surface area contributed by atoms with Gasteiger partial charge in [-0.25, -0.2) is 0 Å². The van der Waals surface area contributed by atoms with E-state index in [-0.39, 0.29) is 6.10 Å². The van der Waals surface area contributed by atoms with Crippen LogP contribution in [0.5, 0.6) is 5.75 Å². The van der Waals surface area contributed by atoms with E-state index in [0.29, 0.717) is 0 Å². The third kappa shape index (κ3) is 4.26. The highest BCUT2D eigenvalue weighted by atomic mass is 16.5. The number of fused-ring (bicyclic) bond motifs is 1. The van der Waals surface area contributed by atoms with Crippen LogP contribution in [0.3, 0.4) is 0 Å². The molecule has 3 rings (SSSR count). The van der Waals surface area contributed by atoms with Gasteiger partial charge < -0.3 is 14.2 Å². The number of ether oxygens (including phenoxy) is 3. The minimum Gasteiger partial charge on any atom is -0.497 e. The summed E-state index contributed by atoms with van der Waals surface area (Å²) in [5, 5.41) is 2.42. The summed E-state index contributed by atoms with van der Waals surface area (Å²) < 4.78 is 16.9. The number of hydrogen-bond donors (Lipinski definition) is 0. The molecule has 0 aromatic heterocycles. The molecular formula is C20H27NO3. The van der Waals surface area contributed by atoms with Gasteiger partial charge in [-0.1, -0.05) is 25.1 Å². The van der Waals surface area contributed by atoms with Crippen LogP contribution >= 0.6 is 0 Å². The lowest BCUT2D eigenvalue weighted by Gasteiger charge is -2.33. The van der Waals surface area contributed by atoms with Crippen LogP contribution in [0.25, 0.3) is 10.8 Å². The second-order valence-electron chi connectivity index (χ2n) is 6.24. The minimum atomic E-state index is 0.136. The highest BCUT2D eigenvalue weighted by molar-refractivity contribution is 5.84. The van der Waals surface area contributed by atoms with Gasteiger partial charge in [-0.3, -0.25) is 4.90 Å². The fourth-order valence-corrected chi connectivity index (χ4v) is 3.12. The Morgan fingerprint density at radius 2 is 1.96 bits per heavy atom. The van der Waals surface area contributed by atoms with Crippen molar-refractivity contribution in [2.75, 3.05) is 46.6 Å². The number of nitrogens with zero attached hydrogens (tertiary/aromatic N) is 1. The number of rotatable bonds is 7. The Kier molecular flexibility index (Phi) is 6.07. The molecule has 4 nitrogen and oxygen atoms in total. The Labute approximate surface area is 144 Å². The van der Waals surface area contributed by atoms with Crippen molar-refractivity contribution in [2.45, 2.75) is 19.4 Å². The number of hydrogen-bond acceptors (Lipinski definition) is 4. The first-order valence-electron chi connectivity index (χ1n) is 8.79. The average molecular weight is 329 g/mol. The van der Waals surface area contributed by atoms with E-state index >= 15 is 0 Å². The van der Waals surface area contributed by atoms with Crippen LogP contribution in [0.2, 0.25) is 0 Å². The van der Waals surface area contributed by atoms with Crippen LogP contribution in [-0.2, 0) is 9.47 Å². The molecule has 0 saturated carbocycles. The molecule has 2 aromatic carbocycles. The first-order valence-corrected chi connectivity index (χ1v) is 8.79. The standard InChI is InChI=1S/C20H27NO3/c1-3-10-23-11-8-21-9-12-24-20(15-21)18-5-4-17-14-19(22-2)7-6-16(17)13-18/h4-7,13-14,20H,3,8-12,15H2,1-2H3. The van der Waals surface area contributed by atoms with E-state index in [9.17, 15) is 0 Å². The normalized spacial score (nSPS) is 18.8. The summed E-state index contributed by atoms with van der Waals surface area (Å²) in [6.45, 7) is 7.46. The van der Waals surface area contributed by atoms with Crippen molar-refractivity contribution in [3.8, 4) is 5.75 Å². The first kappa shape index (κ1) is 17.2. The van der Waals surface area contributed by atoms with Crippen molar-refractivity contribution in [3.05, 3.63) is 42.0 Å². The summed E-state index contributed by atoms with van der Waals surface area (Å²) in [5.74, 6) is 0.891. The Bertz CT molecular complexity index is 658. The third-order valence-corrected chi connectivity index (χ3v) is 4.49. The SMILES string of the molecule is CCCOCCN1CCOC(c2ccc3cc(OC)ccc3c2)C1. The molecule has 1 heterocycles. The number of benzene rings is 2. The molecule has 130 valence electrons. The van der Waals surface area contributed by atoms with Crippen molar-refractivity contribution in [3.63, 3.8) is 0 Å². The van der Waals surface area contributed by atoms with Crippen molar-refractivity contribution < 1.29 is 14.2 Å². The number of methoxy groups -OCH3 is 1. The van der Waals surface area contributed by atoms with E-state index in [1.165, 1.54) is 16.3 Å². The van der Waals surface area contributed by atoms with Crippen LogP contribution in [0.1, 0.15) is 25.0 Å². The topological polar surface area (TPSA) is 30.9 Å². The van der Waals surface area contributed by atoms with Crippen LogP contribution in [0.4, 0.5) is 0 Å². The van der Waals surface area contributed by atoms with Gasteiger partial charge in [-0.15, -0.1) is 0 Å². The molecule has 1 aliphatic rings. The molecule has 1 saturated heterocycles. The molecule has 4 heteroatoms. The predicted molar refractivity (Wildman–Crippen MR) is 96.7 cm³/mol. The fourth-order valence-electron chi connectivity index (χ4n) is 3.12. The molecule has 0 spiro atoms. The third-order valence-electron chi connectivity index (χ3n) is 4.49. The van der Waals surface area contributed by atoms with Gasteiger partial charge in [0.15, 0.2) is 0 Å². The maximum absolute atomic E-state index is 6.01. The second-order valence-corrected chi connectivity index (χ2v) is 6.24. The van der Waals surface area contributed by atoms with Gasteiger partial charge in [0.2, 0.25) is 0 Å². The maximum Gasteiger partial charge on any atom is 0.119 e. The van der Waals surface area contributed by atoms with Crippen molar-refractivity contribution in [2.24, 2.45) is 0 Å². The summed E-state index contributed by atoms with van der Waals surface area (Å²) in [5.41, 5.74) is 1.24. The monoisotopic (exact) mass is 329 g/mol. The van der Waals surface area contributed by atoms with Gasteiger partial charge in [-0.05, 0) is 41.0 Å². The lowest BCUT2D eigenvalue weighted by molar-refractivity contribution is -0.0376. The van der Waals surface area contributed by atoms with Crippen LogP contribution < -0.4 is 4.74 Å². The van der Waals surface area contributed by atoms with E-state index in [1.807, 2.05) is 6.07 Å². The minimum absolute atomic E-state index is 0.136. The van der Waals surface area contributed by atoms with Crippen molar-refractivity contribution >= 4 is 10.8 Å². The lowest BCUT2D eigenvalue weighted by Crippen LogP contribution is -2.40. The Balaban J connectivity index is 1.65. The molecule has 0 bridgehead atoms. The largest absolute Gasteiger partial charge is 0.497 e. The maximum atomic E-state index is 6.01. The lowest BCUT2D eigenvalue weighted by atomic mass is 10.0. The van der Waals surface area contributed by atoms with Gasteiger partial charge in [0.1, 0.15) is 5.75 Å². The smallest absolute Gasteiger partial charge is 0.119 e. The van der Waals surface area contributed by atoms with Crippen LogP contribution in [0, 0.1) is 0 Å². The summed E-state index contributed by atoms with van der Waals surface area (Å²) in [7, 11) is 1.70. The van der Waals surface area contributed by atoms with Crippen molar-refractivity contribution in [1.82, 2.24) is 4.90 Å². The Hall–Kier alpha value is -1.62. The quantitative estimate of drug-likeness (QED) is 0.726. The summed E-state index contributed by atoms with van der Waals surface area (Å²) in [6, 6.07) is 12.7. The Morgan fingerprint density at radius 3 is 2.79 bits per heavy atom. The Morgan fingerprint density at radius 1 is 1.12 bits per heavy atom. The summed E-state index contributed by atoms with van der Waals surface area (Å²) in [4.78, 5) is 2.43. The molecule has 1 unspecified atom stereocenters. The van der Waals surface area contributed by atoms with E-state index < -0.39 is 0 Å². The first-order chi connectivity index (χ1) is 11.8. The van der Waals surface area contributed by atoms with E-state index in [1.54, 1.807) is 7.11 Å². The molecule has 2 aromatic rings. The molecule has 1 aliphatic heterocycles. The average Bonchev–Trinajstić information content (AvgIpc) is 2.64. The van der Waals surface area contributed by atoms with Gasteiger partial charge in [-0.2, -0.15) is 0 Å². The highest BCUT2D eigenvalue weighted by Gasteiger charge is 2.21. The fraction of sp³-hybridized carbons (Fsp3) is 0.500. The zero-order valence-corrected chi connectivity index (χ0v) is 14.7. The second kappa shape index (κ2) is 8.47. The predicted octanol–water partition coefficient (Wildman–Crippen LogP) is 3.65. The molecule has 0 N–H and O–H groups in total. The summed E-state index contributed by atoms with van der Waals surface area (Å²) in [6.07, 6.45) is 1.21. The van der Waals surface area contributed by atoms with Gasteiger partial charge in [0.05, 0.1) is 26.4 Å². The van der Waals surface area contributed by atoms with Gasteiger partial charge in [0.25, 0.3) is 0 Å². The molecule has 1 fully saturated rings. The molecular weight excluding hydrogens is 302 g/mol. The van der Waals surface area contributed by atoms with Crippen LogP contribution in [0.15, 0.2) is 36.4 Å². The van der Waals surface area contributed by atoms with E-state index in [0.717, 1.165) is 51.6 Å². The zero-order chi connectivity index (χ0) is 16.8. The molecule has 0 radical (unpaired) electrons. The molecule has 0 aliphatic carbocycles. The zero-order valence-electron chi connectivity index (χ0n) is 14.7. The molecule has 1 atom stereocenters. The van der Waals surface area contributed by atoms with Gasteiger partial charge >= 0.3 is 0 Å². The molecule has 24 heavy (non-hydrogen) atoms. The van der Waals surface area contributed by atoms with Gasteiger partial charge in [0, 0.05) is 26.2 Å². The van der Waals surface area contributed by atoms with Crippen LogP contribution in [-0.4, -0.2) is 51.5 Å². The van der Waals surface area contributed by atoms with E-state index in [4.69, 9.17) is 14.2 Å². The van der Waals surface area contributed by atoms with E-state index in [2.05, 4.69) is 42.2 Å². The summed E-state index contributed by atoms with van der Waals surface area (Å²) >= 11 is 0. The highest BCUT2D eigenvalue weighted by Crippen LogP contribution is 2.27. The molecule has 0 amide bonds. The number of morpholine rings is 1.